The van der Waals surface area contributed by atoms with Gasteiger partial charge in [0.2, 0.25) is 0 Å². The molecule has 2 aromatic carbocycles. The lowest BCUT2D eigenvalue weighted by molar-refractivity contribution is 0.102. The van der Waals surface area contributed by atoms with Gasteiger partial charge in [-0.3, -0.25) is 4.79 Å². The Labute approximate surface area is 114 Å². The largest absolute Gasteiger partial charge is 0.392 e. The molecule has 0 radical (unpaired) electrons. The van der Waals surface area contributed by atoms with Crippen molar-refractivity contribution in [2.45, 2.75) is 13.5 Å². The molecule has 0 saturated heterocycles. The molecule has 0 aliphatic carbocycles. The SMILES string of the molecule is Cc1cc(C(=O)Nc2ccccc2CO)c(F)cc1F. The van der Waals surface area contributed by atoms with Crippen LogP contribution < -0.4 is 5.32 Å². The standard InChI is InChI=1S/C15H13F2NO2/c1-9-6-11(13(17)7-12(9)16)15(20)18-14-5-3-2-4-10(14)8-19/h2-7,19H,8H2,1H3,(H,18,20). The molecular formula is C15H13F2NO2. The Morgan fingerprint density at radius 1 is 1.20 bits per heavy atom. The predicted molar refractivity (Wildman–Crippen MR) is 71.4 cm³/mol. The van der Waals surface area contributed by atoms with E-state index in [9.17, 15) is 13.6 Å². The molecule has 0 aliphatic heterocycles. The normalized spacial score (nSPS) is 10.4. The van der Waals surface area contributed by atoms with Gasteiger partial charge in [0.15, 0.2) is 0 Å². The number of para-hydroxylation sites is 1. The highest BCUT2D eigenvalue weighted by Gasteiger charge is 2.15. The highest BCUT2D eigenvalue weighted by molar-refractivity contribution is 6.04. The van der Waals surface area contributed by atoms with Crippen molar-refractivity contribution >= 4 is 11.6 Å². The first-order chi connectivity index (χ1) is 9.52. The van der Waals surface area contributed by atoms with E-state index in [1.54, 1.807) is 24.3 Å². The maximum atomic E-state index is 13.6. The number of aryl methyl sites for hydroxylation is 1. The van der Waals surface area contributed by atoms with Gasteiger partial charge in [-0.05, 0) is 24.6 Å². The Kier molecular flexibility index (Phi) is 4.10. The van der Waals surface area contributed by atoms with Crippen LogP contribution in [-0.2, 0) is 6.61 Å². The number of carbonyl (C=O) groups is 1. The molecule has 1 amide bonds. The fourth-order valence-corrected chi connectivity index (χ4v) is 1.80. The lowest BCUT2D eigenvalue weighted by Gasteiger charge is -2.10. The molecule has 2 rings (SSSR count). The zero-order valence-electron chi connectivity index (χ0n) is 10.8. The first-order valence-corrected chi connectivity index (χ1v) is 5.98. The van der Waals surface area contributed by atoms with Gasteiger partial charge in [-0.25, -0.2) is 8.78 Å². The van der Waals surface area contributed by atoms with E-state index in [2.05, 4.69) is 5.32 Å². The Morgan fingerprint density at radius 3 is 2.60 bits per heavy atom. The molecule has 104 valence electrons. The number of hydrogen-bond acceptors (Lipinski definition) is 2. The second-order valence-corrected chi connectivity index (χ2v) is 4.35. The van der Waals surface area contributed by atoms with Crippen LogP contribution in [0, 0.1) is 18.6 Å². The van der Waals surface area contributed by atoms with Crippen LogP contribution >= 0.6 is 0 Å². The summed E-state index contributed by atoms with van der Waals surface area (Å²) in [5.74, 6) is -2.31. The van der Waals surface area contributed by atoms with Crippen molar-refractivity contribution in [3.63, 3.8) is 0 Å². The molecule has 0 bridgehead atoms. The summed E-state index contributed by atoms with van der Waals surface area (Å²) in [7, 11) is 0. The van der Waals surface area contributed by atoms with E-state index < -0.39 is 17.5 Å². The molecule has 20 heavy (non-hydrogen) atoms. The molecular weight excluding hydrogens is 264 g/mol. The van der Waals surface area contributed by atoms with Crippen molar-refractivity contribution in [3.8, 4) is 0 Å². The fourth-order valence-electron chi connectivity index (χ4n) is 1.80. The number of anilines is 1. The van der Waals surface area contributed by atoms with Gasteiger partial charge in [-0.15, -0.1) is 0 Å². The third kappa shape index (κ3) is 2.83. The number of benzene rings is 2. The maximum absolute atomic E-state index is 13.6. The third-order valence-corrected chi connectivity index (χ3v) is 2.93. The zero-order valence-corrected chi connectivity index (χ0v) is 10.8. The van der Waals surface area contributed by atoms with Crippen molar-refractivity contribution in [1.29, 1.82) is 0 Å². The number of rotatable bonds is 3. The molecule has 0 aromatic heterocycles. The maximum Gasteiger partial charge on any atom is 0.258 e. The van der Waals surface area contributed by atoms with E-state index >= 15 is 0 Å². The van der Waals surface area contributed by atoms with Crippen molar-refractivity contribution in [2.75, 3.05) is 5.32 Å². The molecule has 0 atom stereocenters. The number of hydrogen-bond donors (Lipinski definition) is 2. The summed E-state index contributed by atoms with van der Waals surface area (Å²) in [6.07, 6.45) is 0. The monoisotopic (exact) mass is 277 g/mol. The lowest BCUT2D eigenvalue weighted by atomic mass is 10.1. The Hall–Kier alpha value is -2.27. The van der Waals surface area contributed by atoms with Crippen molar-refractivity contribution in [1.82, 2.24) is 0 Å². The Bertz CT molecular complexity index is 656. The van der Waals surface area contributed by atoms with Gasteiger partial charge in [0.05, 0.1) is 12.2 Å². The van der Waals surface area contributed by atoms with Gasteiger partial charge in [-0.1, -0.05) is 18.2 Å². The van der Waals surface area contributed by atoms with Crippen LogP contribution in [0.15, 0.2) is 36.4 Å². The molecule has 0 spiro atoms. The minimum atomic E-state index is -0.924. The van der Waals surface area contributed by atoms with E-state index in [0.717, 1.165) is 6.07 Å². The molecule has 0 heterocycles. The topological polar surface area (TPSA) is 49.3 Å². The second kappa shape index (κ2) is 5.79. The van der Waals surface area contributed by atoms with E-state index in [0.29, 0.717) is 17.3 Å². The number of aliphatic hydroxyl groups is 1. The molecule has 2 aromatic rings. The smallest absolute Gasteiger partial charge is 0.258 e. The van der Waals surface area contributed by atoms with Gasteiger partial charge in [0, 0.05) is 17.3 Å². The minimum absolute atomic E-state index is 0.187. The van der Waals surface area contributed by atoms with Crippen LogP contribution in [0.5, 0.6) is 0 Å². The fraction of sp³-hybridized carbons (Fsp3) is 0.133. The first-order valence-electron chi connectivity index (χ1n) is 5.98. The van der Waals surface area contributed by atoms with Crippen LogP contribution in [0.1, 0.15) is 21.5 Å². The van der Waals surface area contributed by atoms with Crippen molar-refractivity contribution in [2.24, 2.45) is 0 Å². The minimum Gasteiger partial charge on any atom is -0.392 e. The number of aliphatic hydroxyl groups excluding tert-OH is 1. The van der Waals surface area contributed by atoms with Crippen LogP contribution in [0.25, 0.3) is 0 Å². The molecule has 5 heteroatoms. The van der Waals surface area contributed by atoms with Crippen molar-refractivity contribution < 1.29 is 18.7 Å². The quantitative estimate of drug-likeness (QED) is 0.906. The summed E-state index contributed by atoms with van der Waals surface area (Å²) in [5, 5.41) is 11.7. The average Bonchev–Trinajstić information content (AvgIpc) is 2.43. The predicted octanol–water partition coefficient (Wildman–Crippen LogP) is 3.02. The van der Waals surface area contributed by atoms with Gasteiger partial charge in [0.25, 0.3) is 5.91 Å². The first kappa shape index (κ1) is 14.1. The lowest BCUT2D eigenvalue weighted by Crippen LogP contribution is -2.15. The highest BCUT2D eigenvalue weighted by Crippen LogP contribution is 2.19. The Morgan fingerprint density at radius 2 is 1.90 bits per heavy atom. The van der Waals surface area contributed by atoms with E-state index in [-0.39, 0.29) is 17.7 Å². The third-order valence-electron chi connectivity index (χ3n) is 2.93. The van der Waals surface area contributed by atoms with Crippen LogP contribution in [-0.4, -0.2) is 11.0 Å². The van der Waals surface area contributed by atoms with Gasteiger partial charge in [-0.2, -0.15) is 0 Å². The van der Waals surface area contributed by atoms with E-state index in [1.807, 2.05) is 0 Å². The zero-order chi connectivity index (χ0) is 14.7. The van der Waals surface area contributed by atoms with Crippen molar-refractivity contribution in [3.05, 3.63) is 64.7 Å². The summed E-state index contributed by atoms with van der Waals surface area (Å²) in [6.45, 7) is 1.20. The number of nitrogens with one attached hydrogen (secondary N) is 1. The molecule has 0 saturated carbocycles. The summed E-state index contributed by atoms with van der Waals surface area (Å²) >= 11 is 0. The summed E-state index contributed by atoms with van der Waals surface area (Å²) in [6, 6.07) is 8.47. The van der Waals surface area contributed by atoms with Crippen LogP contribution in [0.3, 0.4) is 0 Å². The summed E-state index contributed by atoms with van der Waals surface area (Å²) in [5.41, 5.74) is 0.852. The van der Waals surface area contributed by atoms with Gasteiger partial charge < -0.3 is 10.4 Å². The average molecular weight is 277 g/mol. The molecule has 0 unspecified atom stereocenters. The number of carbonyl (C=O) groups excluding carboxylic acids is 1. The Balaban J connectivity index is 2.31. The summed E-state index contributed by atoms with van der Waals surface area (Å²) < 4.78 is 26.8. The van der Waals surface area contributed by atoms with Crippen LogP contribution in [0.4, 0.5) is 14.5 Å². The number of halogens is 2. The van der Waals surface area contributed by atoms with E-state index in [4.69, 9.17) is 5.11 Å². The molecule has 0 fully saturated rings. The number of amides is 1. The molecule has 2 N–H and O–H groups in total. The van der Waals surface area contributed by atoms with Gasteiger partial charge in [0.1, 0.15) is 11.6 Å². The van der Waals surface area contributed by atoms with Gasteiger partial charge >= 0.3 is 0 Å². The second-order valence-electron chi connectivity index (χ2n) is 4.35. The molecule has 3 nitrogen and oxygen atoms in total. The van der Waals surface area contributed by atoms with Crippen LogP contribution in [0.2, 0.25) is 0 Å². The highest BCUT2D eigenvalue weighted by atomic mass is 19.1. The van der Waals surface area contributed by atoms with E-state index in [1.165, 1.54) is 6.92 Å². The molecule has 0 aliphatic rings. The summed E-state index contributed by atoms with van der Waals surface area (Å²) in [4.78, 5) is 12.0.